The number of rotatable bonds is 9. The van der Waals surface area contributed by atoms with Crippen LogP contribution in [0, 0.1) is 17.8 Å². The van der Waals surface area contributed by atoms with E-state index in [1.165, 1.54) is 38.9 Å². The summed E-state index contributed by atoms with van der Waals surface area (Å²) in [6.45, 7) is 18.9. The molecule has 2 N–H and O–H groups in total. The first kappa shape index (κ1) is 23.4. The molecule has 164 valence electrons. The van der Waals surface area contributed by atoms with E-state index in [0.717, 1.165) is 57.1 Å². The summed E-state index contributed by atoms with van der Waals surface area (Å²) in [7, 11) is 1.85. The fourth-order valence-electron chi connectivity index (χ4n) is 4.66. The minimum atomic E-state index is 0.245. The highest BCUT2D eigenvalue weighted by Gasteiger charge is 2.22. The van der Waals surface area contributed by atoms with Gasteiger partial charge in [0.05, 0.1) is 12.7 Å². The number of hydrogen-bond donors (Lipinski definition) is 2. The van der Waals surface area contributed by atoms with Crippen LogP contribution in [-0.2, 0) is 4.74 Å². The van der Waals surface area contributed by atoms with Crippen molar-refractivity contribution in [2.45, 2.75) is 53.1 Å². The Morgan fingerprint density at radius 2 is 1.82 bits per heavy atom. The van der Waals surface area contributed by atoms with Gasteiger partial charge in [-0.15, -0.1) is 0 Å². The maximum absolute atomic E-state index is 5.92. The molecule has 2 fully saturated rings. The predicted octanol–water partition coefficient (Wildman–Crippen LogP) is 2.27. The highest BCUT2D eigenvalue weighted by atomic mass is 16.5. The maximum atomic E-state index is 5.92. The van der Waals surface area contributed by atoms with Crippen molar-refractivity contribution in [2.24, 2.45) is 22.7 Å². The molecule has 6 nitrogen and oxygen atoms in total. The average molecular weight is 396 g/mol. The number of aliphatic imine (C=N–C) groups is 1. The summed E-state index contributed by atoms with van der Waals surface area (Å²) in [6.07, 6.45) is 4.07. The van der Waals surface area contributed by atoms with E-state index in [-0.39, 0.29) is 6.10 Å². The molecule has 2 saturated heterocycles. The molecule has 28 heavy (non-hydrogen) atoms. The highest BCUT2D eigenvalue weighted by molar-refractivity contribution is 5.79. The van der Waals surface area contributed by atoms with Crippen molar-refractivity contribution >= 4 is 5.96 Å². The smallest absolute Gasteiger partial charge is 0.191 e. The summed E-state index contributed by atoms with van der Waals surface area (Å²) in [4.78, 5) is 9.52. The molecule has 0 aromatic rings. The van der Waals surface area contributed by atoms with E-state index in [1.807, 2.05) is 7.05 Å². The van der Waals surface area contributed by atoms with Gasteiger partial charge in [0.25, 0.3) is 0 Å². The molecular weight excluding hydrogens is 350 g/mol. The quantitative estimate of drug-likeness (QED) is 0.356. The normalized spacial score (nSPS) is 27.9. The van der Waals surface area contributed by atoms with Crippen molar-refractivity contribution in [1.82, 2.24) is 20.4 Å². The average Bonchev–Trinajstić information content (AvgIpc) is 2.63. The van der Waals surface area contributed by atoms with Gasteiger partial charge in [-0.1, -0.05) is 27.7 Å². The summed E-state index contributed by atoms with van der Waals surface area (Å²) in [5.41, 5.74) is 0. The molecule has 2 heterocycles. The lowest BCUT2D eigenvalue weighted by Crippen LogP contribution is -2.50. The molecule has 3 unspecified atom stereocenters. The van der Waals surface area contributed by atoms with Gasteiger partial charge in [0.2, 0.25) is 0 Å². The van der Waals surface area contributed by atoms with Gasteiger partial charge < -0.3 is 20.3 Å². The number of nitrogens with one attached hydrogen (secondary N) is 2. The second-order valence-electron chi connectivity index (χ2n) is 9.44. The van der Waals surface area contributed by atoms with E-state index in [4.69, 9.17) is 4.74 Å². The van der Waals surface area contributed by atoms with E-state index in [2.05, 4.69) is 53.1 Å². The Morgan fingerprint density at radius 1 is 1.07 bits per heavy atom. The SMILES string of the molecule is CN=C(NCCCCN1CC(C)CC(C)C1)NCC1CN(CC(C)C)CCO1. The van der Waals surface area contributed by atoms with Crippen LogP contribution in [0.25, 0.3) is 0 Å². The molecule has 2 aliphatic heterocycles. The molecule has 0 aliphatic carbocycles. The molecule has 2 aliphatic rings. The molecule has 0 saturated carbocycles. The Morgan fingerprint density at radius 3 is 2.50 bits per heavy atom. The Labute approximate surface area is 173 Å². The zero-order valence-electron chi connectivity index (χ0n) is 19.0. The van der Waals surface area contributed by atoms with E-state index in [1.54, 1.807) is 0 Å². The molecule has 2 rings (SSSR count). The van der Waals surface area contributed by atoms with Crippen molar-refractivity contribution in [1.29, 1.82) is 0 Å². The van der Waals surface area contributed by atoms with Crippen LogP contribution in [0.1, 0.15) is 47.0 Å². The van der Waals surface area contributed by atoms with Gasteiger partial charge in [-0.3, -0.25) is 9.89 Å². The van der Waals surface area contributed by atoms with Crippen molar-refractivity contribution in [3.8, 4) is 0 Å². The summed E-state index contributed by atoms with van der Waals surface area (Å²) >= 11 is 0. The van der Waals surface area contributed by atoms with Crippen molar-refractivity contribution < 1.29 is 4.74 Å². The number of likely N-dealkylation sites (tertiary alicyclic amines) is 1. The third-order valence-corrected chi connectivity index (χ3v) is 5.71. The first-order valence-electron chi connectivity index (χ1n) is 11.5. The summed E-state index contributed by atoms with van der Waals surface area (Å²) < 4.78 is 5.92. The molecular formula is C22H45N5O. The number of hydrogen-bond acceptors (Lipinski definition) is 4. The second kappa shape index (κ2) is 12.7. The summed E-state index contributed by atoms with van der Waals surface area (Å²) in [5.74, 6) is 3.30. The number of unbranched alkanes of at least 4 members (excludes halogenated alkanes) is 1. The molecule has 0 aromatic carbocycles. The van der Waals surface area contributed by atoms with E-state index in [9.17, 15) is 0 Å². The summed E-state index contributed by atoms with van der Waals surface area (Å²) in [6, 6.07) is 0. The van der Waals surface area contributed by atoms with Crippen LogP contribution in [0.3, 0.4) is 0 Å². The molecule has 0 bridgehead atoms. The largest absolute Gasteiger partial charge is 0.374 e. The predicted molar refractivity (Wildman–Crippen MR) is 119 cm³/mol. The standard InChI is InChI=1S/C22H45N5O/c1-18(2)14-27-10-11-28-21(17-27)13-25-22(23-5)24-8-6-7-9-26-15-19(3)12-20(4)16-26/h18-21H,6-17H2,1-5H3,(H2,23,24,25). The lowest BCUT2D eigenvalue weighted by atomic mass is 9.92. The third-order valence-electron chi connectivity index (χ3n) is 5.71. The van der Waals surface area contributed by atoms with Crippen molar-refractivity contribution in [3.05, 3.63) is 0 Å². The topological polar surface area (TPSA) is 52.1 Å². The van der Waals surface area contributed by atoms with Gasteiger partial charge in [-0.25, -0.2) is 0 Å². The van der Waals surface area contributed by atoms with Gasteiger partial charge in [-0.2, -0.15) is 0 Å². The van der Waals surface area contributed by atoms with Gasteiger partial charge in [0, 0.05) is 52.9 Å². The third kappa shape index (κ3) is 9.10. The molecule has 0 radical (unpaired) electrons. The fourth-order valence-corrected chi connectivity index (χ4v) is 4.66. The monoisotopic (exact) mass is 395 g/mol. The minimum absolute atomic E-state index is 0.245. The van der Waals surface area contributed by atoms with Crippen LogP contribution in [-0.4, -0.2) is 87.9 Å². The summed E-state index contributed by atoms with van der Waals surface area (Å²) in [5, 5.41) is 6.90. The number of piperidine rings is 1. The lowest BCUT2D eigenvalue weighted by Gasteiger charge is -2.35. The van der Waals surface area contributed by atoms with Crippen LogP contribution in [0.4, 0.5) is 0 Å². The Kier molecular flexibility index (Phi) is 10.6. The Bertz CT molecular complexity index is 446. The van der Waals surface area contributed by atoms with Crippen molar-refractivity contribution in [2.75, 3.05) is 66.0 Å². The molecule has 0 aromatic heterocycles. The molecule has 0 amide bonds. The van der Waals surface area contributed by atoms with Crippen molar-refractivity contribution in [3.63, 3.8) is 0 Å². The van der Waals surface area contributed by atoms with Crippen LogP contribution >= 0.6 is 0 Å². The first-order chi connectivity index (χ1) is 13.5. The van der Waals surface area contributed by atoms with Crippen LogP contribution < -0.4 is 10.6 Å². The van der Waals surface area contributed by atoms with Gasteiger partial charge in [0.15, 0.2) is 5.96 Å². The van der Waals surface area contributed by atoms with Gasteiger partial charge in [-0.05, 0) is 43.6 Å². The first-order valence-corrected chi connectivity index (χ1v) is 11.5. The zero-order chi connectivity index (χ0) is 20.4. The Hall–Kier alpha value is -0.850. The van der Waals surface area contributed by atoms with E-state index < -0.39 is 0 Å². The zero-order valence-corrected chi connectivity index (χ0v) is 19.0. The van der Waals surface area contributed by atoms with Crippen LogP contribution in [0.2, 0.25) is 0 Å². The molecule has 6 heteroatoms. The van der Waals surface area contributed by atoms with E-state index in [0.29, 0.717) is 5.92 Å². The highest BCUT2D eigenvalue weighted by Crippen LogP contribution is 2.20. The lowest BCUT2D eigenvalue weighted by molar-refractivity contribution is -0.0284. The maximum Gasteiger partial charge on any atom is 0.191 e. The van der Waals surface area contributed by atoms with Gasteiger partial charge in [0.1, 0.15) is 0 Å². The second-order valence-corrected chi connectivity index (χ2v) is 9.44. The number of ether oxygens (including phenoxy) is 1. The minimum Gasteiger partial charge on any atom is -0.374 e. The Balaban J connectivity index is 1.56. The van der Waals surface area contributed by atoms with Crippen LogP contribution in [0.15, 0.2) is 4.99 Å². The fraction of sp³-hybridized carbons (Fsp3) is 0.955. The number of morpholine rings is 1. The van der Waals surface area contributed by atoms with E-state index >= 15 is 0 Å². The number of guanidine groups is 1. The molecule has 3 atom stereocenters. The number of nitrogens with zero attached hydrogens (tertiary/aromatic N) is 3. The molecule has 0 spiro atoms. The van der Waals surface area contributed by atoms with Gasteiger partial charge >= 0.3 is 0 Å². The van der Waals surface area contributed by atoms with Crippen LogP contribution in [0.5, 0.6) is 0 Å².